The highest BCUT2D eigenvalue weighted by Crippen LogP contribution is 2.31. The fourth-order valence-electron chi connectivity index (χ4n) is 3.04. The van der Waals surface area contributed by atoms with Crippen molar-refractivity contribution in [2.24, 2.45) is 5.73 Å². The molecular formula is C19H23Cl3N6. The van der Waals surface area contributed by atoms with Crippen molar-refractivity contribution in [1.82, 2.24) is 20.1 Å². The van der Waals surface area contributed by atoms with Crippen LogP contribution in [0.15, 0.2) is 61.5 Å². The van der Waals surface area contributed by atoms with E-state index in [1.54, 1.807) is 0 Å². The standard InChI is InChI=1S/C19H20N6.3ClH/c1-14-17(13-22-23-14)15-2-3-18-16(12-15)19(4-6-21-18)25-10-8-24(7-5-20)9-11-25;;;/h2-4,6,8-13H,5,7,20H2,1H3,(H,22,23);3*1H. The zero-order chi connectivity index (χ0) is 17.2. The Labute approximate surface area is 182 Å². The van der Waals surface area contributed by atoms with Crippen LogP contribution in [-0.4, -0.2) is 33.2 Å². The molecule has 28 heavy (non-hydrogen) atoms. The highest BCUT2D eigenvalue weighted by Gasteiger charge is 2.12. The van der Waals surface area contributed by atoms with Gasteiger partial charge in [-0.05, 0) is 30.7 Å². The number of hydrogen-bond donors (Lipinski definition) is 2. The molecule has 9 heteroatoms. The van der Waals surface area contributed by atoms with Crippen LogP contribution in [0.3, 0.4) is 0 Å². The highest BCUT2D eigenvalue weighted by atomic mass is 35.5. The number of aromatic nitrogens is 3. The Hall–Kier alpha value is -2.25. The fourth-order valence-corrected chi connectivity index (χ4v) is 3.04. The van der Waals surface area contributed by atoms with Crippen molar-refractivity contribution in [1.29, 1.82) is 0 Å². The zero-order valence-electron chi connectivity index (χ0n) is 15.3. The maximum Gasteiger partial charge on any atom is 0.0723 e. The van der Waals surface area contributed by atoms with E-state index in [-0.39, 0.29) is 37.2 Å². The van der Waals surface area contributed by atoms with Gasteiger partial charge in [0.1, 0.15) is 0 Å². The molecule has 0 amide bonds. The predicted molar refractivity (Wildman–Crippen MR) is 122 cm³/mol. The van der Waals surface area contributed by atoms with Crippen LogP contribution in [0, 0.1) is 6.92 Å². The van der Waals surface area contributed by atoms with Gasteiger partial charge in [-0.1, -0.05) is 6.07 Å². The first-order valence-corrected chi connectivity index (χ1v) is 8.26. The van der Waals surface area contributed by atoms with Gasteiger partial charge in [-0.2, -0.15) is 5.10 Å². The summed E-state index contributed by atoms with van der Waals surface area (Å²) in [5.41, 5.74) is 11.0. The van der Waals surface area contributed by atoms with Gasteiger partial charge in [0.2, 0.25) is 0 Å². The van der Waals surface area contributed by atoms with E-state index in [0.717, 1.165) is 40.0 Å². The quantitative estimate of drug-likeness (QED) is 0.634. The molecule has 0 aliphatic carbocycles. The Morgan fingerprint density at radius 3 is 2.43 bits per heavy atom. The molecule has 150 valence electrons. The minimum atomic E-state index is 0. The Bertz CT molecular complexity index is 955. The molecule has 0 spiro atoms. The van der Waals surface area contributed by atoms with Crippen LogP contribution in [0.25, 0.3) is 22.0 Å². The van der Waals surface area contributed by atoms with Gasteiger partial charge in [-0.25, -0.2) is 0 Å². The van der Waals surface area contributed by atoms with E-state index < -0.39 is 0 Å². The van der Waals surface area contributed by atoms with Crippen molar-refractivity contribution in [2.75, 3.05) is 18.0 Å². The molecule has 1 aliphatic heterocycles. The van der Waals surface area contributed by atoms with Crippen molar-refractivity contribution >= 4 is 53.8 Å². The number of aromatic amines is 1. The SMILES string of the molecule is Cc1[nH]ncc1-c1ccc2nccc(N3C=CN(CCN)C=C3)c2c1.Cl.Cl.Cl. The third-order valence-electron chi connectivity index (χ3n) is 4.36. The lowest BCUT2D eigenvalue weighted by molar-refractivity contribution is 0.508. The number of nitrogens with zero attached hydrogens (tertiary/aromatic N) is 4. The van der Waals surface area contributed by atoms with Crippen molar-refractivity contribution in [3.63, 3.8) is 0 Å². The van der Waals surface area contributed by atoms with Gasteiger partial charge in [-0.3, -0.25) is 10.1 Å². The number of anilines is 1. The largest absolute Gasteiger partial charge is 0.350 e. The molecule has 4 rings (SSSR count). The molecule has 0 atom stereocenters. The number of H-pyrrole nitrogens is 1. The van der Waals surface area contributed by atoms with Crippen LogP contribution in [0.4, 0.5) is 5.69 Å². The summed E-state index contributed by atoms with van der Waals surface area (Å²) in [5, 5.41) is 8.22. The molecule has 0 saturated carbocycles. The first-order valence-electron chi connectivity index (χ1n) is 8.26. The minimum absolute atomic E-state index is 0. The topological polar surface area (TPSA) is 74.1 Å². The van der Waals surface area contributed by atoms with Crippen LogP contribution in [-0.2, 0) is 0 Å². The van der Waals surface area contributed by atoms with E-state index in [1.165, 1.54) is 0 Å². The van der Waals surface area contributed by atoms with E-state index in [2.05, 4.69) is 43.2 Å². The number of benzene rings is 1. The number of rotatable bonds is 4. The number of nitrogens with two attached hydrogens (primary N) is 1. The van der Waals surface area contributed by atoms with Gasteiger partial charge in [0.15, 0.2) is 0 Å². The van der Waals surface area contributed by atoms with Gasteiger partial charge in [0.05, 0.1) is 17.4 Å². The van der Waals surface area contributed by atoms with Crippen molar-refractivity contribution < 1.29 is 0 Å². The van der Waals surface area contributed by atoms with E-state index in [9.17, 15) is 0 Å². The second kappa shape index (κ2) is 10.3. The van der Waals surface area contributed by atoms with Crippen LogP contribution < -0.4 is 10.6 Å². The molecule has 3 heterocycles. The van der Waals surface area contributed by atoms with Gasteiger partial charge >= 0.3 is 0 Å². The van der Waals surface area contributed by atoms with Crippen LogP contribution in [0.5, 0.6) is 0 Å². The summed E-state index contributed by atoms with van der Waals surface area (Å²) in [7, 11) is 0. The van der Waals surface area contributed by atoms with Crippen LogP contribution in [0.1, 0.15) is 5.69 Å². The average Bonchev–Trinajstić information content (AvgIpc) is 3.08. The van der Waals surface area contributed by atoms with Crippen LogP contribution >= 0.6 is 37.2 Å². The number of nitrogens with one attached hydrogen (secondary N) is 1. The number of aryl methyl sites for hydroxylation is 1. The van der Waals surface area contributed by atoms with E-state index in [1.807, 2.05) is 50.2 Å². The van der Waals surface area contributed by atoms with Crippen molar-refractivity contribution in [2.45, 2.75) is 6.92 Å². The van der Waals surface area contributed by atoms with Gasteiger partial charge in [-0.15, -0.1) is 37.2 Å². The summed E-state index contributed by atoms with van der Waals surface area (Å²) in [6.07, 6.45) is 11.8. The summed E-state index contributed by atoms with van der Waals surface area (Å²) in [6.45, 7) is 3.46. The molecule has 0 unspecified atom stereocenters. The minimum Gasteiger partial charge on any atom is -0.350 e. The predicted octanol–water partition coefficient (Wildman–Crippen LogP) is 4.22. The van der Waals surface area contributed by atoms with Gasteiger partial charge in [0.25, 0.3) is 0 Å². The third-order valence-corrected chi connectivity index (χ3v) is 4.36. The first kappa shape index (κ1) is 23.8. The molecule has 1 aliphatic rings. The Balaban J connectivity index is 0.00000131. The molecule has 3 aromatic rings. The summed E-state index contributed by atoms with van der Waals surface area (Å²) < 4.78 is 0. The molecule has 0 bridgehead atoms. The molecule has 2 aromatic heterocycles. The number of pyridine rings is 1. The maximum atomic E-state index is 5.62. The maximum absolute atomic E-state index is 5.62. The molecular weight excluding hydrogens is 419 g/mol. The number of fused-ring (bicyclic) bond motifs is 1. The molecule has 1 aromatic carbocycles. The average molecular weight is 442 g/mol. The Morgan fingerprint density at radius 2 is 1.79 bits per heavy atom. The molecule has 0 fully saturated rings. The molecule has 0 radical (unpaired) electrons. The second-order valence-electron chi connectivity index (χ2n) is 6.00. The Kier molecular flexibility index (Phi) is 8.78. The zero-order valence-corrected chi connectivity index (χ0v) is 17.7. The third kappa shape index (κ3) is 4.59. The summed E-state index contributed by atoms with van der Waals surface area (Å²) >= 11 is 0. The number of halogens is 3. The second-order valence-corrected chi connectivity index (χ2v) is 6.00. The van der Waals surface area contributed by atoms with Crippen molar-refractivity contribution in [3.05, 3.63) is 67.2 Å². The van der Waals surface area contributed by atoms with E-state index in [0.29, 0.717) is 6.54 Å². The fraction of sp³-hybridized carbons (Fsp3) is 0.158. The lowest BCUT2D eigenvalue weighted by Crippen LogP contribution is -2.24. The smallest absolute Gasteiger partial charge is 0.0723 e. The van der Waals surface area contributed by atoms with E-state index >= 15 is 0 Å². The summed E-state index contributed by atoms with van der Waals surface area (Å²) in [6, 6.07) is 8.34. The van der Waals surface area contributed by atoms with E-state index in [4.69, 9.17) is 5.73 Å². The molecule has 0 saturated heterocycles. The Morgan fingerprint density at radius 1 is 1.04 bits per heavy atom. The summed E-state index contributed by atoms with van der Waals surface area (Å²) in [4.78, 5) is 8.67. The lowest BCUT2D eigenvalue weighted by atomic mass is 10.0. The molecule has 3 N–H and O–H groups in total. The van der Waals surface area contributed by atoms with Gasteiger partial charge in [0, 0.05) is 60.7 Å². The number of hydrogen-bond acceptors (Lipinski definition) is 5. The van der Waals surface area contributed by atoms with Crippen molar-refractivity contribution in [3.8, 4) is 11.1 Å². The van der Waals surface area contributed by atoms with Gasteiger partial charge < -0.3 is 15.5 Å². The monoisotopic (exact) mass is 440 g/mol. The lowest BCUT2D eigenvalue weighted by Gasteiger charge is -2.25. The highest BCUT2D eigenvalue weighted by molar-refractivity contribution is 5.95. The first-order chi connectivity index (χ1) is 12.3. The van der Waals surface area contributed by atoms with Crippen LogP contribution in [0.2, 0.25) is 0 Å². The molecule has 6 nitrogen and oxygen atoms in total. The summed E-state index contributed by atoms with van der Waals surface area (Å²) in [5.74, 6) is 0. The normalized spacial score (nSPS) is 12.4.